The second kappa shape index (κ2) is 7.98. The lowest BCUT2D eigenvalue weighted by molar-refractivity contribution is 0.0450. The molecule has 3 rings (SSSR count). The summed E-state index contributed by atoms with van der Waals surface area (Å²) in [5.41, 5.74) is 0.569. The molecule has 0 bridgehead atoms. The van der Waals surface area contributed by atoms with E-state index in [2.05, 4.69) is 9.72 Å². The maximum absolute atomic E-state index is 12.4. The Morgan fingerprint density at radius 1 is 1.04 bits per heavy atom. The number of esters is 2. The van der Waals surface area contributed by atoms with Crippen molar-refractivity contribution >= 4 is 11.9 Å². The Kier molecular flexibility index (Phi) is 5.28. The Bertz CT molecular complexity index is 903. The van der Waals surface area contributed by atoms with Crippen LogP contribution < -0.4 is 4.74 Å². The van der Waals surface area contributed by atoms with Crippen LogP contribution in [0.25, 0.3) is 0 Å². The highest BCUT2D eigenvalue weighted by molar-refractivity contribution is 5.92. The smallest absolute Gasteiger partial charge is 0.374 e. The second-order valence-corrected chi connectivity index (χ2v) is 5.11. The normalized spacial score (nSPS) is 10.2. The Balaban J connectivity index is 1.73. The van der Waals surface area contributed by atoms with Crippen molar-refractivity contribution < 1.29 is 28.2 Å². The minimum atomic E-state index is -0.643. The summed E-state index contributed by atoms with van der Waals surface area (Å²) in [6, 6.07) is 13.6. The number of rotatable bonds is 6. The molecule has 2 aromatic heterocycles. The monoisotopic (exact) mass is 353 g/mol. The highest BCUT2D eigenvalue weighted by Gasteiger charge is 2.20. The van der Waals surface area contributed by atoms with E-state index in [-0.39, 0.29) is 23.8 Å². The minimum absolute atomic E-state index is 0.00718. The number of hydrogen-bond acceptors (Lipinski definition) is 7. The third kappa shape index (κ3) is 3.89. The van der Waals surface area contributed by atoms with Crippen molar-refractivity contribution in [2.24, 2.45) is 0 Å². The second-order valence-electron chi connectivity index (χ2n) is 5.11. The molecular weight excluding hydrogens is 338 g/mol. The van der Waals surface area contributed by atoms with Gasteiger partial charge in [0, 0.05) is 11.8 Å². The summed E-state index contributed by atoms with van der Waals surface area (Å²) in [5, 5.41) is 0. The van der Waals surface area contributed by atoms with Gasteiger partial charge in [-0.05, 0) is 30.3 Å². The lowest BCUT2D eigenvalue weighted by Crippen LogP contribution is -2.10. The molecule has 0 aliphatic carbocycles. The van der Waals surface area contributed by atoms with E-state index in [9.17, 15) is 9.59 Å². The van der Waals surface area contributed by atoms with Crippen molar-refractivity contribution in [3.05, 3.63) is 77.9 Å². The predicted molar refractivity (Wildman–Crippen MR) is 89.9 cm³/mol. The van der Waals surface area contributed by atoms with Crippen LogP contribution in [0.2, 0.25) is 0 Å². The predicted octanol–water partition coefficient (Wildman–Crippen LogP) is 3.61. The number of carbonyl (C=O) groups excluding carboxylic acids is 2. The van der Waals surface area contributed by atoms with Gasteiger partial charge in [-0.1, -0.05) is 18.2 Å². The number of pyridine rings is 1. The molecule has 0 aliphatic rings. The molecule has 0 saturated carbocycles. The zero-order chi connectivity index (χ0) is 18.4. The average Bonchev–Trinajstić information content (AvgIpc) is 3.15. The third-order valence-corrected chi connectivity index (χ3v) is 3.43. The molecule has 0 fully saturated rings. The SMILES string of the molecule is COC(=O)c1occc1COC(=O)c1cccnc1Oc1ccccc1. The van der Waals surface area contributed by atoms with Gasteiger partial charge in [0.05, 0.1) is 13.4 Å². The standard InChI is InChI=1S/C19H15NO6/c1-23-19(22)16-13(9-11-24-16)12-25-18(21)15-8-5-10-20-17(15)26-14-6-3-2-4-7-14/h2-11H,12H2,1H3. The largest absolute Gasteiger partial charge is 0.463 e. The Morgan fingerprint density at radius 3 is 2.62 bits per heavy atom. The first kappa shape index (κ1) is 17.2. The van der Waals surface area contributed by atoms with Crippen molar-refractivity contribution in [1.29, 1.82) is 0 Å². The maximum atomic E-state index is 12.4. The van der Waals surface area contributed by atoms with Crippen molar-refractivity contribution in [2.75, 3.05) is 7.11 Å². The van der Waals surface area contributed by atoms with Crippen molar-refractivity contribution in [3.63, 3.8) is 0 Å². The molecule has 0 radical (unpaired) electrons. The summed E-state index contributed by atoms with van der Waals surface area (Å²) in [6.07, 6.45) is 2.84. The lowest BCUT2D eigenvalue weighted by atomic mass is 10.2. The number of methoxy groups -OCH3 is 1. The fourth-order valence-corrected chi connectivity index (χ4v) is 2.17. The molecule has 26 heavy (non-hydrogen) atoms. The number of hydrogen-bond donors (Lipinski definition) is 0. The summed E-state index contributed by atoms with van der Waals surface area (Å²) >= 11 is 0. The molecule has 0 atom stereocenters. The van der Waals surface area contributed by atoms with Crippen molar-refractivity contribution in [2.45, 2.75) is 6.61 Å². The number of aromatic nitrogens is 1. The maximum Gasteiger partial charge on any atom is 0.374 e. The summed E-state index contributed by atoms with van der Waals surface area (Å²) in [4.78, 5) is 28.1. The van der Waals surface area contributed by atoms with E-state index < -0.39 is 11.9 Å². The number of nitrogens with zero attached hydrogens (tertiary/aromatic N) is 1. The number of ether oxygens (including phenoxy) is 3. The number of para-hydroxylation sites is 1. The Morgan fingerprint density at radius 2 is 1.85 bits per heavy atom. The van der Waals surface area contributed by atoms with Crippen LogP contribution in [0, 0.1) is 0 Å². The van der Waals surface area contributed by atoms with Crippen LogP contribution in [0.15, 0.2) is 65.4 Å². The van der Waals surface area contributed by atoms with Gasteiger partial charge < -0.3 is 18.6 Å². The van der Waals surface area contributed by atoms with Crippen LogP contribution in [0.3, 0.4) is 0 Å². The van der Waals surface area contributed by atoms with Crippen LogP contribution in [0.5, 0.6) is 11.6 Å². The van der Waals surface area contributed by atoms with E-state index in [1.807, 2.05) is 18.2 Å². The third-order valence-electron chi connectivity index (χ3n) is 3.43. The van der Waals surface area contributed by atoms with E-state index in [0.717, 1.165) is 0 Å². The first-order valence-electron chi connectivity index (χ1n) is 7.68. The summed E-state index contributed by atoms with van der Waals surface area (Å²) in [6.45, 7) is -0.153. The zero-order valence-electron chi connectivity index (χ0n) is 13.9. The molecule has 1 aromatic carbocycles. The quantitative estimate of drug-likeness (QED) is 0.626. The van der Waals surface area contributed by atoms with Gasteiger partial charge in [-0.25, -0.2) is 14.6 Å². The van der Waals surface area contributed by atoms with Crippen LogP contribution in [-0.2, 0) is 16.1 Å². The average molecular weight is 353 g/mol. The van der Waals surface area contributed by atoms with Crippen molar-refractivity contribution in [1.82, 2.24) is 4.98 Å². The molecule has 0 spiro atoms. The topological polar surface area (TPSA) is 87.9 Å². The molecule has 0 saturated heterocycles. The highest BCUT2D eigenvalue weighted by Crippen LogP contribution is 2.23. The van der Waals surface area contributed by atoms with Crippen LogP contribution in [-0.4, -0.2) is 24.0 Å². The van der Waals surface area contributed by atoms with Gasteiger partial charge in [0.1, 0.15) is 17.9 Å². The molecule has 7 nitrogen and oxygen atoms in total. The first-order chi connectivity index (χ1) is 12.7. The number of carbonyl (C=O) groups is 2. The van der Waals surface area contributed by atoms with Gasteiger partial charge in [0.25, 0.3) is 0 Å². The molecule has 7 heteroatoms. The molecule has 0 unspecified atom stereocenters. The lowest BCUT2D eigenvalue weighted by Gasteiger charge is -2.09. The van der Waals surface area contributed by atoms with E-state index in [1.54, 1.807) is 24.3 Å². The van der Waals surface area contributed by atoms with Gasteiger partial charge in [-0.2, -0.15) is 0 Å². The molecule has 2 heterocycles. The van der Waals surface area contributed by atoms with Crippen LogP contribution >= 0.6 is 0 Å². The van der Waals surface area contributed by atoms with Crippen LogP contribution in [0.1, 0.15) is 26.5 Å². The first-order valence-corrected chi connectivity index (χ1v) is 7.68. The van der Waals surface area contributed by atoms with Crippen molar-refractivity contribution in [3.8, 4) is 11.6 Å². The molecule has 3 aromatic rings. The number of benzene rings is 1. The van der Waals surface area contributed by atoms with Gasteiger partial charge in [0.15, 0.2) is 0 Å². The van der Waals surface area contributed by atoms with Gasteiger partial charge in [0.2, 0.25) is 11.6 Å². The Hall–Kier alpha value is -3.61. The Labute approximate surface area is 149 Å². The summed E-state index contributed by atoms with van der Waals surface area (Å²) in [5.74, 6) is -0.615. The zero-order valence-corrected chi connectivity index (χ0v) is 13.9. The van der Waals surface area contributed by atoms with Gasteiger partial charge >= 0.3 is 11.9 Å². The molecule has 132 valence electrons. The number of furan rings is 1. The van der Waals surface area contributed by atoms with Gasteiger partial charge in [-0.15, -0.1) is 0 Å². The van der Waals surface area contributed by atoms with Crippen LogP contribution in [0.4, 0.5) is 0 Å². The molecular formula is C19H15NO6. The summed E-state index contributed by atoms with van der Waals surface area (Å²) < 4.78 is 20.6. The molecule has 0 N–H and O–H groups in total. The summed E-state index contributed by atoms with van der Waals surface area (Å²) in [7, 11) is 1.24. The highest BCUT2D eigenvalue weighted by atomic mass is 16.5. The van der Waals surface area contributed by atoms with E-state index in [0.29, 0.717) is 11.3 Å². The van der Waals surface area contributed by atoms with Gasteiger partial charge in [-0.3, -0.25) is 0 Å². The van der Waals surface area contributed by atoms with E-state index in [4.69, 9.17) is 13.9 Å². The fourth-order valence-electron chi connectivity index (χ4n) is 2.17. The molecule has 0 amide bonds. The molecule has 0 aliphatic heterocycles. The van der Waals surface area contributed by atoms with E-state index >= 15 is 0 Å². The van der Waals surface area contributed by atoms with E-state index in [1.165, 1.54) is 25.6 Å². The minimum Gasteiger partial charge on any atom is -0.463 e. The fraction of sp³-hybridized carbons (Fsp3) is 0.105.